The molecule has 1 rings (SSSR count). The largest absolute Gasteiger partial charge is 0.420 e. The third kappa shape index (κ3) is 5.50. The summed E-state index contributed by atoms with van der Waals surface area (Å²) < 4.78 is 68.9. The Kier molecular flexibility index (Phi) is 8.82. The first kappa shape index (κ1) is 20.8. The molecular formula is C14H16F5NO3. The number of carbonyl (C=O) groups excluding carboxylic acids is 2. The topological polar surface area (TPSA) is 55.4 Å². The minimum atomic E-state index is -2.37. The first-order valence-electron chi connectivity index (χ1n) is 6.78. The maximum Gasteiger partial charge on any atom is 0.320 e. The van der Waals surface area contributed by atoms with Gasteiger partial charge >= 0.3 is 5.97 Å². The van der Waals surface area contributed by atoms with Crippen LogP contribution in [0.15, 0.2) is 0 Å². The second kappa shape index (κ2) is 9.75. The van der Waals surface area contributed by atoms with Crippen LogP contribution >= 0.6 is 0 Å². The summed E-state index contributed by atoms with van der Waals surface area (Å²) in [6.45, 7) is 6.00. The third-order valence-electron chi connectivity index (χ3n) is 2.26. The van der Waals surface area contributed by atoms with E-state index >= 15 is 0 Å². The Balaban J connectivity index is 0.00000232. The zero-order chi connectivity index (χ0) is 18.2. The monoisotopic (exact) mass is 341 g/mol. The average Bonchev–Trinajstić information content (AvgIpc) is 2.55. The van der Waals surface area contributed by atoms with Gasteiger partial charge in [-0.15, -0.1) is 0 Å². The van der Waals surface area contributed by atoms with Gasteiger partial charge in [0, 0.05) is 6.54 Å². The number of rotatable bonds is 5. The van der Waals surface area contributed by atoms with Gasteiger partial charge in [-0.05, 0) is 6.42 Å². The van der Waals surface area contributed by atoms with Crippen LogP contribution in [0.25, 0.3) is 0 Å². The van der Waals surface area contributed by atoms with Crippen molar-refractivity contribution in [1.82, 2.24) is 5.32 Å². The van der Waals surface area contributed by atoms with E-state index in [0.717, 1.165) is 0 Å². The lowest BCUT2D eigenvalue weighted by Gasteiger charge is -2.08. The Morgan fingerprint density at radius 2 is 1.35 bits per heavy atom. The lowest BCUT2D eigenvalue weighted by molar-refractivity contribution is -0.138. The second-order valence-corrected chi connectivity index (χ2v) is 3.90. The molecule has 0 aliphatic heterocycles. The normalized spacial score (nSPS) is 9.74. The highest BCUT2D eigenvalue weighted by atomic mass is 19.2. The van der Waals surface area contributed by atoms with Gasteiger partial charge < -0.3 is 10.1 Å². The van der Waals surface area contributed by atoms with Crippen molar-refractivity contribution in [2.24, 2.45) is 0 Å². The molecule has 0 saturated carbocycles. The van der Waals surface area contributed by atoms with Crippen LogP contribution in [0.1, 0.15) is 33.6 Å². The highest BCUT2D eigenvalue weighted by molar-refractivity contribution is 5.95. The highest BCUT2D eigenvalue weighted by Crippen LogP contribution is 2.29. The van der Waals surface area contributed by atoms with Crippen molar-refractivity contribution >= 4 is 11.9 Å². The first-order chi connectivity index (χ1) is 10.8. The van der Waals surface area contributed by atoms with Gasteiger partial charge in [0.1, 0.15) is 6.42 Å². The molecule has 1 aromatic carbocycles. The van der Waals surface area contributed by atoms with Crippen LogP contribution in [-0.2, 0) is 9.59 Å². The molecule has 23 heavy (non-hydrogen) atoms. The molecule has 0 heterocycles. The highest BCUT2D eigenvalue weighted by Gasteiger charge is 2.28. The van der Waals surface area contributed by atoms with Crippen molar-refractivity contribution in [2.75, 3.05) is 6.54 Å². The Hall–Kier alpha value is -2.19. The summed E-state index contributed by atoms with van der Waals surface area (Å²) in [5.74, 6) is -15.4. The molecule has 0 unspecified atom stereocenters. The third-order valence-corrected chi connectivity index (χ3v) is 2.26. The van der Waals surface area contributed by atoms with E-state index < -0.39 is 53.1 Å². The zero-order valence-electron chi connectivity index (χ0n) is 12.7. The van der Waals surface area contributed by atoms with Crippen molar-refractivity contribution < 1.29 is 36.3 Å². The van der Waals surface area contributed by atoms with Crippen LogP contribution in [0.4, 0.5) is 22.0 Å². The molecule has 0 bridgehead atoms. The fourth-order valence-electron chi connectivity index (χ4n) is 1.28. The minimum Gasteiger partial charge on any atom is -0.420 e. The van der Waals surface area contributed by atoms with Crippen LogP contribution in [0.3, 0.4) is 0 Å². The van der Waals surface area contributed by atoms with Gasteiger partial charge in [-0.1, -0.05) is 20.8 Å². The van der Waals surface area contributed by atoms with Gasteiger partial charge in [-0.3, -0.25) is 9.59 Å². The number of hydrogen-bond donors (Lipinski definition) is 1. The minimum absolute atomic E-state index is 0.259. The van der Waals surface area contributed by atoms with Gasteiger partial charge in [-0.25, -0.2) is 13.2 Å². The van der Waals surface area contributed by atoms with E-state index in [1.54, 1.807) is 6.92 Å². The summed E-state index contributed by atoms with van der Waals surface area (Å²) in [5, 5.41) is 2.27. The summed E-state index contributed by atoms with van der Waals surface area (Å²) in [7, 11) is 0. The van der Waals surface area contributed by atoms with Gasteiger partial charge in [-0.2, -0.15) is 8.78 Å². The molecular weight excluding hydrogens is 325 g/mol. The predicted octanol–water partition coefficient (Wildman–Crippen LogP) is 3.23. The first-order valence-corrected chi connectivity index (χ1v) is 6.78. The molecule has 0 aliphatic rings. The van der Waals surface area contributed by atoms with E-state index in [1.807, 2.05) is 13.8 Å². The molecule has 9 heteroatoms. The van der Waals surface area contributed by atoms with E-state index in [0.29, 0.717) is 6.42 Å². The Labute approximate surface area is 129 Å². The summed E-state index contributed by atoms with van der Waals surface area (Å²) in [4.78, 5) is 22.4. The summed E-state index contributed by atoms with van der Waals surface area (Å²) in [6, 6.07) is 0. The average molecular weight is 341 g/mol. The summed E-state index contributed by atoms with van der Waals surface area (Å²) in [5.41, 5.74) is 0. The second-order valence-electron chi connectivity index (χ2n) is 3.90. The number of halogens is 5. The molecule has 1 amide bonds. The number of esters is 1. The molecule has 0 aliphatic carbocycles. The number of nitrogens with one attached hydrogen (secondary N) is 1. The summed E-state index contributed by atoms with van der Waals surface area (Å²) in [6.07, 6.45) is -0.335. The Bertz CT molecular complexity index is 549. The zero-order valence-corrected chi connectivity index (χ0v) is 12.7. The standard InChI is InChI=1S/C12H10F5NO3.C2H6/c1-2-3-18-5(19)4-6(20)21-12-10(16)8(14)7(13)9(15)11(12)17;1-2/h2-4H2,1H3,(H,18,19);1-2H3. The van der Waals surface area contributed by atoms with Crippen molar-refractivity contribution in [3.8, 4) is 5.75 Å². The van der Waals surface area contributed by atoms with Gasteiger partial charge in [0.2, 0.25) is 40.7 Å². The lowest BCUT2D eigenvalue weighted by Crippen LogP contribution is -2.28. The molecule has 1 N–H and O–H groups in total. The van der Waals surface area contributed by atoms with E-state index in [2.05, 4.69) is 10.1 Å². The molecule has 130 valence electrons. The Morgan fingerprint density at radius 1 is 0.913 bits per heavy atom. The van der Waals surface area contributed by atoms with Crippen LogP contribution in [0.5, 0.6) is 5.75 Å². The molecule has 0 atom stereocenters. The fraction of sp³-hybridized carbons (Fsp3) is 0.429. The van der Waals surface area contributed by atoms with Gasteiger partial charge in [0.15, 0.2) is 0 Å². The molecule has 0 fully saturated rings. The number of benzene rings is 1. The smallest absolute Gasteiger partial charge is 0.320 e. The number of ether oxygens (including phenoxy) is 1. The quantitative estimate of drug-likeness (QED) is 0.223. The van der Waals surface area contributed by atoms with Gasteiger partial charge in [0.25, 0.3) is 0 Å². The van der Waals surface area contributed by atoms with Crippen LogP contribution in [0.2, 0.25) is 0 Å². The van der Waals surface area contributed by atoms with E-state index in [9.17, 15) is 31.5 Å². The van der Waals surface area contributed by atoms with Crippen LogP contribution < -0.4 is 10.1 Å². The number of carbonyl (C=O) groups is 2. The lowest BCUT2D eigenvalue weighted by atomic mass is 10.2. The maximum atomic E-state index is 13.2. The van der Waals surface area contributed by atoms with Gasteiger partial charge in [0.05, 0.1) is 0 Å². The fourth-order valence-corrected chi connectivity index (χ4v) is 1.28. The Morgan fingerprint density at radius 3 is 1.78 bits per heavy atom. The SMILES string of the molecule is CC.CCCNC(=O)CC(=O)Oc1c(F)c(F)c(F)c(F)c1F. The number of hydrogen-bond acceptors (Lipinski definition) is 3. The maximum absolute atomic E-state index is 13.2. The number of amides is 1. The van der Waals surface area contributed by atoms with E-state index in [1.165, 1.54) is 0 Å². The predicted molar refractivity (Wildman–Crippen MR) is 71.1 cm³/mol. The van der Waals surface area contributed by atoms with Crippen LogP contribution in [-0.4, -0.2) is 18.4 Å². The molecule has 4 nitrogen and oxygen atoms in total. The molecule has 1 aromatic rings. The molecule has 0 radical (unpaired) electrons. The molecule has 0 aromatic heterocycles. The molecule has 0 spiro atoms. The van der Waals surface area contributed by atoms with Crippen molar-refractivity contribution in [3.63, 3.8) is 0 Å². The van der Waals surface area contributed by atoms with Crippen molar-refractivity contribution in [3.05, 3.63) is 29.1 Å². The van der Waals surface area contributed by atoms with E-state index in [-0.39, 0.29) is 6.54 Å². The van der Waals surface area contributed by atoms with E-state index in [4.69, 9.17) is 0 Å². The van der Waals surface area contributed by atoms with Crippen molar-refractivity contribution in [2.45, 2.75) is 33.6 Å². The van der Waals surface area contributed by atoms with Crippen molar-refractivity contribution in [1.29, 1.82) is 0 Å². The molecule has 0 saturated heterocycles. The van der Waals surface area contributed by atoms with Crippen LogP contribution in [0, 0.1) is 29.1 Å². The summed E-state index contributed by atoms with van der Waals surface area (Å²) >= 11 is 0.